The number of fused-ring (bicyclic) bond motifs is 1. The van der Waals surface area contributed by atoms with Crippen LogP contribution in [0.25, 0.3) is 22.0 Å². The Morgan fingerprint density at radius 2 is 1.78 bits per heavy atom. The summed E-state index contributed by atoms with van der Waals surface area (Å²) in [6.07, 6.45) is -0.0936. The fraction of sp³-hybridized carbons (Fsp3) is 0.160. The summed E-state index contributed by atoms with van der Waals surface area (Å²) in [7, 11) is 2.00. The van der Waals surface area contributed by atoms with E-state index < -0.39 is 5.97 Å². The Kier molecular flexibility index (Phi) is 6.47. The molecule has 162 valence electrons. The van der Waals surface area contributed by atoms with Crippen molar-refractivity contribution in [3.63, 3.8) is 0 Å². The molecule has 1 aromatic heterocycles. The molecule has 3 aromatic carbocycles. The lowest BCUT2D eigenvalue weighted by Gasteiger charge is -2.16. The highest BCUT2D eigenvalue weighted by Gasteiger charge is 2.11. The van der Waals surface area contributed by atoms with Gasteiger partial charge in [0.05, 0.1) is 12.1 Å². The number of rotatable bonds is 8. The number of aromatic nitrogens is 1. The summed E-state index contributed by atoms with van der Waals surface area (Å²) < 4.78 is 0. The average molecular weight is 446 g/mol. The zero-order chi connectivity index (χ0) is 22.5. The number of carbonyl (C=O) groups excluding carboxylic acids is 1. The topological polar surface area (TPSA) is 82.5 Å². The quantitative estimate of drug-likeness (QED) is 0.407. The molecule has 4 aromatic rings. The maximum Gasteiger partial charge on any atom is 0.305 e. The zero-order valence-corrected chi connectivity index (χ0v) is 18.4. The molecule has 2 N–H and O–H groups in total. The summed E-state index contributed by atoms with van der Waals surface area (Å²) in [5.74, 6) is -1.21. The normalized spacial score (nSPS) is 10.8. The second kappa shape index (κ2) is 9.62. The molecule has 6 nitrogen and oxygen atoms in total. The van der Waals surface area contributed by atoms with Crippen molar-refractivity contribution in [2.45, 2.75) is 13.0 Å². The van der Waals surface area contributed by atoms with Gasteiger partial charge in [-0.3, -0.25) is 9.59 Å². The number of carboxylic acid groups (broad SMARTS) is 1. The summed E-state index contributed by atoms with van der Waals surface area (Å²) in [4.78, 5) is 29.5. The standard InChI is InChI=1S/C25H23N3O3S/c1-28(15-17-6-8-19(9-7-17)24(31)26-13-12-23(29)30)25-27-22(16-32-25)21-11-10-18-4-2-3-5-20(18)14-21/h2-11,14,16H,12-13,15H2,1H3,(H,26,31)(H,29,30). The van der Waals surface area contributed by atoms with Gasteiger partial charge >= 0.3 is 5.97 Å². The SMILES string of the molecule is CN(Cc1ccc(C(=O)NCCC(=O)O)cc1)c1nc(-c2ccc3ccccc3c2)cs1. The van der Waals surface area contributed by atoms with E-state index in [9.17, 15) is 9.59 Å². The van der Waals surface area contributed by atoms with E-state index in [0.29, 0.717) is 12.1 Å². The van der Waals surface area contributed by atoms with E-state index in [-0.39, 0.29) is 18.9 Å². The molecule has 0 saturated carbocycles. The van der Waals surface area contributed by atoms with E-state index in [1.807, 2.05) is 31.3 Å². The molecule has 7 heteroatoms. The van der Waals surface area contributed by atoms with Gasteiger partial charge in [-0.05, 0) is 34.5 Å². The fourth-order valence-electron chi connectivity index (χ4n) is 3.41. The van der Waals surface area contributed by atoms with E-state index in [0.717, 1.165) is 22.0 Å². The number of carbonyl (C=O) groups is 2. The molecular formula is C25H23N3O3S. The molecule has 1 amide bonds. The van der Waals surface area contributed by atoms with Crippen LogP contribution in [0.5, 0.6) is 0 Å². The van der Waals surface area contributed by atoms with Crippen molar-refractivity contribution in [2.24, 2.45) is 0 Å². The van der Waals surface area contributed by atoms with Crippen LogP contribution in [0.2, 0.25) is 0 Å². The van der Waals surface area contributed by atoms with Gasteiger partial charge < -0.3 is 15.3 Å². The smallest absolute Gasteiger partial charge is 0.305 e. The van der Waals surface area contributed by atoms with Gasteiger partial charge in [0.25, 0.3) is 5.91 Å². The molecule has 0 atom stereocenters. The van der Waals surface area contributed by atoms with Crippen LogP contribution in [0, 0.1) is 0 Å². The van der Waals surface area contributed by atoms with Gasteiger partial charge in [0.15, 0.2) is 5.13 Å². The van der Waals surface area contributed by atoms with E-state index in [1.54, 1.807) is 23.5 Å². The second-order valence-corrected chi connectivity index (χ2v) is 8.37. The first-order chi connectivity index (χ1) is 15.5. The number of aliphatic carboxylic acids is 1. The third kappa shape index (κ3) is 5.12. The summed E-state index contributed by atoms with van der Waals surface area (Å²) in [5, 5.41) is 16.7. The number of hydrogen-bond donors (Lipinski definition) is 2. The maximum atomic E-state index is 12.1. The Morgan fingerprint density at radius 1 is 1.03 bits per heavy atom. The highest BCUT2D eigenvalue weighted by Crippen LogP contribution is 2.29. The average Bonchev–Trinajstić information content (AvgIpc) is 3.29. The molecule has 0 saturated heterocycles. The highest BCUT2D eigenvalue weighted by atomic mass is 32.1. The number of carboxylic acids is 1. The third-order valence-corrected chi connectivity index (χ3v) is 6.08. The van der Waals surface area contributed by atoms with Crippen LogP contribution in [0.15, 0.2) is 72.1 Å². The Hall–Kier alpha value is -3.71. The van der Waals surface area contributed by atoms with Crippen LogP contribution < -0.4 is 10.2 Å². The summed E-state index contributed by atoms with van der Waals surface area (Å²) in [6.45, 7) is 0.772. The van der Waals surface area contributed by atoms with Crippen molar-refractivity contribution >= 4 is 39.1 Å². The van der Waals surface area contributed by atoms with E-state index in [2.05, 4.69) is 45.9 Å². The van der Waals surface area contributed by atoms with Crippen LogP contribution in [0.4, 0.5) is 5.13 Å². The lowest BCUT2D eigenvalue weighted by Crippen LogP contribution is -2.26. The van der Waals surface area contributed by atoms with Crippen molar-refractivity contribution < 1.29 is 14.7 Å². The predicted molar refractivity (Wildman–Crippen MR) is 128 cm³/mol. The van der Waals surface area contributed by atoms with E-state index >= 15 is 0 Å². The Morgan fingerprint density at radius 3 is 2.53 bits per heavy atom. The lowest BCUT2D eigenvalue weighted by molar-refractivity contribution is -0.136. The molecule has 0 radical (unpaired) electrons. The first-order valence-electron chi connectivity index (χ1n) is 10.2. The fourth-order valence-corrected chi connectivity index (χ4v) is 4.21. The Labute approximate surface area is 190 Å². The van der Waals surface area contributed by atoms with Crippen LogP contribution in [-0.2, 0) is 11.3 Å². The number of nitrogens with zero attached hydrogens (tertiary/aromatic N) is 2. The number of amides is 1. The largest absolute Gasteiger partial charge is 0.481 e. The minimum Gasteiger partial charge on any atom is -0.481 e. The Balaban J connectivity index is 1.40. The maximum absolute atomic E-state index is 12.1. The number of hydrogen-bond acceptors (Lipinski definition) is 5. The minimum atomic E-state index is -0.936. The monoisotopic (exact) mass is 445 g/mol. The van der Waals surface area contributed by atoms with Gasteiger partial charge in [-0.1, -0.05) is 48.5 Å². The molecule has 1 heterocycles. The van der Waals surface area contributed by atoms with E-state index in [1.165, 1.54) is 10.8 Å². The molecule has 0 aliphatic heterocycles. The molecule has 0 fully saturated rings. The van der Waals surface area contributed by atoms with Crippen molar-refractivity contribution in [3.05, 3.63) is 83.2 Å². The van der Waals surface area contributed by atoms with Gasteiger partial charge in [0.1, 0.15) is 0 Å². The third-order valence-electron chi connectivity index (χ3n) is 5.12. The van der Waals surface area contributed by atoms with Crippen LogP contribution in [-0.4, -0.2) is 35.6 Å². The number of thiazole rings is 1. The molecule has 0 spiro atoms. The van der Waals surface area contributed by atoms with Crippen molar-refractivity contribution in [3.8, 4) is 11.3 Å². The van der Waals surface area contributed by atoms with Crippen molar-refractivity contribution in [1.29, 1.82) is 0 Å². The first-order valence-corrected chi connectivity index (χ1v) is 11.1. The molecule has 0 aliphatic rings. The zero-order valence-electron chi connectivity index (χ0n) is 17.6. The van der Waals surface area contributed by atoms with Crippen LogP contribution in [0.3, 0.4) is 0 Å². The summed E-state index contributed by atoms with van der Waals surface area (Å²) >= 11 is 1.60. The number of anilines is 1. The molecule has 0 aliphatic carbocycles. The first kappa shape index (κ1) is 21.5. The molecule has 32 heavy (non-hydrogen) atoms. The van der Waals surface area contributed by atoms with E-state index in [4.69, 9.17) is 10.1 Å². The van der Waals surface area contributed by atoms with Gasteiger partial charge in [-0.2, -0.15) is 0 Å². The highest BCUT2D eigenvalue weighted by molar-refractivity contribution is 7.14. The minimum absolute atomic E-state index is 0.0936. The van der Waals surface area contributed by atoms with Gasteiger partial charge in [-0.25, -0.2) is 4.98 Å². The molecular weight excluding hydrogens is 422 g/mol. The van der Waals surface area contributed by atoms with Crippen molar-refractivity contribution in [2.75, 3.05) is 18.5 Å². The van der Waals surface area contributed by atoms with Gasteiger partial charge in [0, 0.05) is 36.6 Å². The number of nitrogens with one attached hydrogen (secondary N) is 1. The predicted octanol–water partition coefficient (Wildman–Crippen LogP) is 4.80. The number of benzene rings is 3. The van der Waals surface area contributed by atoms with Gasteiger partial charge in [-0.15, -0.1) is 11.3 Å². The van der Waals surface area contributed by atoms with Crippen LogP contribution in [0.1, 0.15) is 22.3 Å². The van der Waals surface area contributed by atoms with Gasteiger partial charge in [0.2, 0.25) is 0 Å². The molecule has 0 unspecified atom stereocenters. The summed E-state index contributed by atoms with van der Waals surface area (Å²) in [5.41, 5.74) is 3.61. The summed E-state index contributed by atoms with van der Waals surface area (Å²) in [6, 6.07) is 22.0. The lowest BCUT2D eigenvalue weighted by atomic mass is 10.1. The molecule has 4 rings (SSSR count). The van der Waals surface area contributed by atoms with Crippen LogP contribution >= 0.6 is 11.3 Å². The second-order valence-electron chi connectivity index (χ2n) is 7.53. The molecule has 0 bridgehead atoms. The van der Waals surface area contributed by atoms with Crippen molar-refractivity contribution in [1.82, 2.24) is 10.3 Å². The Bertz CT molecular complexity index is 1250.